The summed E-state index contributed by atoms with van der Waals surface area (Å²) in [5.74, 6) is -0.748. The van der Waals surface area contributed by atoms with Crippen LogP contribution in [0, 0.1) is 0 Å². The molecule has 0 aliphatic carbocycles. The zero-order chi connectivity index (χ0) is 16.3. The van der Waals surface area contributed by atoms with Crippen molar-refractivity contribution in [2.24, 2.45) is 0 Å². The molecule has 0 bridgehead atoms. The first-order valence-corrected chi connectivity index (χ1v) is 8.09. The van der Waals surface area contributed by atoms with Gasteiger partial charge in [0.05, 0.1) is 16.7 Å². The van der Waals surface area contributed by atoms with Crippen LogP contribution in [0.5, 0.6) is 0 Å². The molecule has 1 amide bonds. The van der Waals surface area contributed by atoms with Gasteiger partial charge in [-0.1, -0.05) is 29.3 Å². The molecule has 7 heteroatoms. The molecule has 0 saturated carbocycles. The maximum absolute atomic E-state index is 12.2. The fourth-order valence-corrected chi connectivity index (χ4v) is 3.19. The Hall–Kier alpha value is -1.56. The van der Waals surface area contributed by atoms with Gasteiger partial charge in [0.2, 0.25) is 5.91 Å². The molecule has 0 aliphatic rings. The zero-order valence-corrected chi connectivity index (χ0v) is 14.2. The highest BCUT2D eigenvalue weighted by atomic mass is 35.5. The molecular formula is C15H13Cl2NO3S. The fourth-order valence-electron chi connectivity index (χ4n) is 1.89. The van der Waals surface area contributed by atoms with E-state index in [0.717, 1.165) is 5.56 Å². The second-order valence-electron chi connectivity index (χ2n) is 4.38. The fraction of sp³-hybridized carbons (Fsp3) is 0.200. The minimum Gasteiger partial charge on any atom is -0.462 e. The monoisotopic (exact) mass is 357 g/mol. The van der Waals surface area contributed by atoms with Crippen LogP contribution in [0.1, 0.15) is 24.2 Å². The number of benzene rings is 1. The van der Waals surface area contributed by atoms with Gasteiger partial charge in [-0.15, -0.1) is 11.3 Å². The van der Waals surface area contributed by atoms with E-state index >= 15 is 0 Å². The molecular weight excluding hydrogens is 345 g/mol. The molecule has 0 saturated heterocycles. The number of esters is 1. The Kier molecular flexibility index (Phi) is 5.45. The highest BCUT2D eigenvalue weighted by molar-refractivity contribution is 7.15. The maximum Gasteiger partial charge on any atom is 0.341 e. The van der Waals surface area contributed by atoms with Gasteiger partial charge in [0.25, 0.3) is 0 Å². The predicted octanol–water partition coefficient (Wildman–Crippen LogP) is 4.86. The normalized spacial score (nSPS) is 10.4. The minimum absolute atomic E-state index is 0.245. The van der Waals surface area contributed by atoms with E-state index in [9.17, 15) is 9.59 Å². The number of halogens is 2. The lowest BCUT2D eigenvalue weighted by Gasteiger charge is -2.08. The van der Waals surface area contributed by atoms with Crippen molar-refractivity contribution in [3.8, 4) is 11.1 Å². The number of hydrogen-bond donors (Lipinski definition) is 1. The number of nitrogens with one attached hydrogen (secondary N) is 1. The molecule has 1 N–H and O–H groups in total. The lowest BCUT2D eigenvalue weighted by Crippen LogP contribution is -2.11. The SMILES string of the molecule is CCOC(=O)c1c(-c2ccc(Cl)c(Cl)c2)csc1NC(C)=O. The van der Waals surface area contributed by atoms with Gasteiger partial charge in [-0.2, -0.15) is 0 Å². The number of rotatable bonds is 4. The molecule has 4 nitrogen and oxygen atoms in total. The topological polar surface area (TPSA) is 55.4 Å². The van der Waals surface area contributed by atoms with Crippen LogP contribution >= 0.6 is 34.5 Å². The molecule has 2 aromatic rings. The average Bonchev–Trinajstić information content (AvgIpc) is 2.85. The first-order valence-electron chi connectivity index (χ1n) is 6.45. The van der Waals surface area contributed by atoms with Gasteiger partial charge in [0, 0.05) is 17.9 Å². The van der Waals surface area contributed by atoms with E-state index in [4.69, 9.17) is 27.9 Å². The highest BCUT2D eigenvalue weighted by Gasteiger charge is 2.22. The summed E-state index contributed by atoms with van der Waals surface area (Å²) in [6.07, 6.45) is 0. The van der Waals surface area contributed by atoms with Crippen molar-refractivity contribution in [1.82, 2.24) is 0 Å². The predicted molar refractivity (Wildman–Crippen MR) is 90.0 cm³/mol. The molecule has 0 fully saturated rings. The standard InChI is InChI=1S/C15H13Cl2NO3S/c1-3-21-15(20)13-10(7-22-14(13)18-8(2)19)9-4-5-11(16)12(17)6-9/h4-7H,3H2,1-2H3,(H,18,19). The van der Waals surface area contributed by atoms with E-state index in [0.29, 0.717) is 26.2 Å². The van der Waals surface area contributed by atoms with Crippen LogP contribution in [0.25, 0.3) is 11.1 Å². The van der Waals surface area contributed by atoms with E-state index in [2.05, 4.69) is 5.32 Å². The van der Waals surface area contributed by atoms with Gasteiger partial charge in [0.1, 0.15) is 10.6 Å². The number of amides is 1. The van der Waals surface area contributed by atoms with E-state index in [1.165, 1.54) is 18.3 Å². The lowest BCUT2D eigenvalue weighted by atomic mass is 10.0. The van der Waals surface area contributed by atoms with Crippen molar-refractivity contribution in [3.63, 3.8) is 0 Å². The third-order valence-corrected chi connectivity index (χ3v) is 4.43. The van der Waals surface area contributed by atoms with Gasteiger partial charge in [-0.3, -0.25) is 4.79 Å². The average molecular weight is 358 g/mol. The van der Waals surface area contributed by atoms with Crippen LogP contribution in [-0.2, 0) is 9.53 Å². The van der Waals surface area contributed by atoms with Crippen molar-refractivity contribution in [2.45, 2.75) is 13.8 Å². The lowest BCUT2D eigenvalue weighted by molar-refractivity contribution is -0.114. The molecule has 0 atom stereocenters. The van der Waals surface area contributed by atoms with Crippen LogP contribution in [0.15, 0.2) is 23.6 Å². The molecule has 1 aromatic carbocycles. The van der Waals surface area contributed by atoms with E-state index in [1.54, 1.807) is 30.5 Å². The third-order valence-electron chi connectivity index (χ3n) is 2.79. The molecule has 116 valence electrons. The molecule has 2 rings (SSSR count). The molecule has 0 spiro atoms. The summed E-state index contributed by atoms with van der Waals surface area (Å²) in [6, 6.07) is 5.09. The van der Waals surface area contributed by atoms with E-state index in [-0.39, 0.29) is 12.5 Å². The van der Waals surface area contributed by atoms with Gasteiger partial charge >= 0.3 is 5.97 Å². The Morgan fingerprint density at radius 1 is 1.27 bits per heavy atom. The summed E-state index contributed by atoms with van der Waals surface area (Å²) in [7, 11) is 0. The summed E-state index contributed by atoms with van der Waals surface area (Å²) < 4.78 is 5.08. The van der Waals surface area contributed by atoms with Crippen molar-refractivity contribution in [1.29, 1.82) is 0 Å². The smallest absolute Gasteiger partial charge is 0.341 e. The van der Waals surface area contributed by atoms with Crippen molar-refractivity contribution in [2.75, 3.05) is 11.9 Å². The number of carbonyl (C=O) groups excluding carboxylic acids is 2. The zero-order valence-electron chi connectivity index (χ0n) is 11.9. The Morgan fingerprint density at radius 3 is 2.59 bits per heavy atom. The molecule has 0 radical (unpaired) electrons. The Balaban J connectivity index is 2.54. The second-order valence-corrected chi connectivity index (χ2v) is 6.08. The number of thiophene rings is 1. The van der Waals surface area contributed by atoms with Crippen LogP contribution in [0.4, 0.5) is 5.00 Å². The Morgan fingerprint density at radius 2 is 2.00 bits per heavy atom. The summed E-state index contributed by atoms with van der Waals surface area (Å²) in [6.45, 7) is 3.35. The molecule has 22 heavy (non-hydrogen) atoms. The first kappa shape index (κ1) is 16.8. The summed E-state index contributed by atoms with van der Waals surface area (Å²) in [5, 5.41) is 5.70. The van der Waals surface area contributed by atoms with E-state index < -0.39 is 5.97 Å². The number of ether oxygens (including phenoxy) is 1. The maximum atomic E-state index is 12.2. The Labute approximate surface area is 142 Å². The van der Waals surface area contributed by atoms with Crippen molar-refractivity contribution < 1.29 is 14.3 Å². The molecule has 1 aromatic heterocycles. The van der Waals surface area contributed by atoms with Crippen LogP contribution in [0.2, 0.25) is 10.0 Å². The van der Waals surface area contributed by atoms with Gasteiger partial charge in [0.15, 0.2) is 0 Å². The van der Waals surface area contributed by atoms with Crippen molar-refractivity contribution >= 4 is 51.4 Å². The van der Waals surface area contributed by atoms with Crippen LogP contribution < -0.4 is 5.32 Å². The first-order chi connectivity index (χ1) is 10.4. The number of hydrogen-bond acceptors (Lipinski definition) is 4. The number of carbonyl (C=O) groups is 2. The van der Waals surface area contributed by atoms with Crippen LogP contribution in [-0.4, -0.2) is 18.5 Å². The van der Waals surface area contributed by atoms with Crippen LogP contribution in [0.3, 0.4) is 0 Å². The van der Waals surface area contributed by atoms with E-state index in [1.807, 2.05) is 0 Å². The second kappa shape index (κ2) is 7.13. The van der Waals surface area contributed by atoms with Crippen molar-refractivity contribution in [3.05, 3.63) is 39.2 Å². The summed E-state index contributed by atoms with van der Waals surface area (Å²) in [5.41, 5.74) is 1.69. The van der Waals surface area contributed by atoms with Gasteiger partial charge in [-0.25, -0.2) is 4.79 Å². The minimum atomic E-state index is -0.492. The molecule has 1 heterocycles. The number of anilines is 1. The highest BCUT2D eigenvalue weighted by Crippen LogP contribution is 2.38. The van der Waals surface area contributed by atoms with Gasteiger partial charge < -0.3 is 10.1 Å². The quantitative estimate of drug-likeness (QED) is 0.795. The Bertz CT molecular complexity index is 728. The summed E-state index contributed by atoms with van der Waals surface area (Å²) >= 11 is 13.2. The van der Waals surface area contributed by atoms with Gasteiger partial charge in [-0.05, 0) is 24.6 Å². The largest absolute Gasteiger partial charge is 0.462 e. The summed E-state index contributed by atoms with van der Waals surface area (Å²) in [4.78, 5) is 23.5. The third kappa shape index (κ3) is 3.61. The molecule has 0 unspecified atom stereocenters. The molecule has 0 aliphatic heterocycles.